The van der Waals surface area contributed by atoms with Crippen LogP contribution in [-0.2, 0) is 9.47 Å². The molecule has 6 heteroatoms. The van der Waals surface area contributed by atoms with Gasteiger partial charge in [-0.3, -0.25) is 0 Å². The number of pyridine rings is 1. The normalized spacial score (nSPS) is 9.72. The van der Waals surface area contributed by atoms with Crippen LogP contribution in [0.1, 0.15) is 23.1 Å². The first kappa shape index (κ1) is 13.8. The first-order valence-corrected chi connectivity index (χ1v) is 5.26. The monoisotopic (exact) mass is 251 g/mol. The van der Waals surface area contributed by atoms with Crippen LogP contribution in [0.25, 0.3) is 11.5 Å². The molecule has 0 radical (unpaired) electrons. The summed E-state index contributed by atoms with van der Waals surface area (Å²) in [6, 6.07) is 1.42. The SMILES string of the molecule is C=C(OCC)c1cc([NH-])c(OC)c(C(=O)OC)n1. The zero-order valence-electron chi connectivity index (χ0n) is 10.6. The lowest BCUT2D eigenvalue weighted by atomic mass is 10.2. The van der Waals surface area contributed by atoms with Crippen LogP contribution < -0.4 is 4.74 Å². The molecular weight excluding hydrogens is 236 g/mol. The maximum Gasteiger partial charge on any atom is 0.360 e. The number of esters is 1. The van der Waals surface area contributed by atoms with Crippen molar-refractivity contribution in [1.82, 2.24) is 4.98 Å². The van der Waals surface area contributed by atoms with Gasteiger partial charge in [-0.05, 0) is 13.0 Å². The molecular formula is C12H15N2O4-. The zero-order chi connectivity index (χ0) is 13.7. The van der Waals surface area contributed by atoms with Crippen molar-refractivity contribution in [2.24, 2.45) is 0 Å². The summed E-state index contributed by atoms with van der Waals surface area (Å²) in [5.41, 5.74) is 8.04. The Morgan fingerprint density at radius 1 is 1.50 bits per heavy atom. The third kappa shape index (κ3) is 2.71. The predicted molar refractivity (Wildman–Crippen MR) is 66.8 cm³/mol. The van der Waals surface area contributed by atoms with Gasteiger partial charge in [0.2, 0.25) is 0 Å². The average Bonchev–Trinajstić information content (AvgIpc) is 2.37. The third-order valence-corrected chi connectivity index (χ3v) is 2.16. The molecule has 0 aliphatic rings. The Labute approximate surface area is 105 Å². The van der Waals surface area contributed by atoms with E-state index in [1.54, 1.807) is 6.92 Å². The van der Waals surface area contributed by atoms with E-state index in [-0.39, 0.29) is 17.1 Å². The van der Waals surface area contributed by atoms with E-state index in [0.29, 0.717) is 18.1 Å². The quantitative estimate of drug-likeness (QED) is 0.593. The highest BCUT2D eigenvalue weighted by Crippen LogP contribution is 2.32. The van der Waals surface area contributed by atoms with Crippen molar-refractivity contribution >= 4 is 17.4 Å². The lowest BCUT2D eigenvalue weighted by Crippen LogP contribution is -2.09. The first-order valence-electron chi connectivity index (χ1n) is 5.26. The van der Waals surface area contributed by atoms with Gasteiger partial charge in [-0.1, -0.05) is 12.3 Å². The summed E-state index contributed by atoms with van der Waals surface area (Å²) in [5, 5.41) is 0. The molecule has 0 saturated heterocycles. The molecule has 98 valence electrons. The average molecular weight is 251 g/mol. The topological polar surface area (TPSA) is 81.5 Å². The molecule has 1 aromatic rings. The number of rotatable bonds is 5. The molecule has 0 saturated carbocycles. The summed E-state index contributed by atoms with van der Waals surface area (Å²) in [4.78, 5) is 15.6. The van der Waals surface area contributed by atoms with E-state index < -0.39 is 5.97 Å². The Morgan fingerprint density at radius 3 is 2.67 bits per heavy atom. The Hall–Kier alpha value is -2.24. The van der Waals surface area contributed by atoms with Crippen molar-refractivity contribution in [3.05, 3.63) is 29.8 Å². The fraction of sp³-hybridized carbons (Fsp3) is 0.333. The minimum Gasteiger partial charge on any atom is -0.696 e. The maximum absolute atomic E-state index is 11.6. The molecule has 1 aromatic heterocycles. The molecule has 0 aliphatic carbocycles. The molecule has 0 aromatic carbocycles. The molecule has 0 bridgehead atoms. The van der Waals surface area contributed by atoms with Crippen LogP contribution >= 0.6 is 0 Å². The molecule has 0 unspecified atom stereocenters. The number of aromatic nitrogens is 1. The van der Waals surface area contributed by atoms with Crippen LogP contribution in [0.15, 0.2) is 12.6 Å². The van der Waals surface area contributed by atoms with Crippen molar-refractivity contribution in [2.45, 2.75) is 6.92 Å². The maximum atomic E-state index is 11.6. The van der Waals surface area contributed by atoms with Gasteiger partial charge in [0.25, 0.3) is 0 Å². The fourth-order valence-electron chi connectivity index (χ4n) is 1.37. The van der Waals surface area contributed by atoms with Crippen LogP contribution in [0.5, 0.6) is 5.75 Å². The summed E-state index contributed by atoms with van der Waals surface area (Å²) >= 11 is 0. The highest BCUT2D eigenvalue weighted by atomic mass is 16.5. The van der Waals surface area contributed by atoms with Crippen molar-refractivity contribution in [1.29, 1.82) is 0 Å². The van der Waals surface area contributed by atoms with Gasteiger partial charge in [0.15, 0.2) is 5.69 Å². The minimum absolute atomic E-state index is 0.0174. The van der Waals surface area contributed by atoms with E-state index in [1.807, 2.05) is 0 Å². The highest BCUT2D eigenvalue weighted by molar-refractivity contribution is 5.93. The highest BCUT2D eigenvalue weighted by Gasteiger charge is 2.17. The molecule has 18 heavy (non-hydrogen) atoms. The fourth-order valence-corrected chi connectivity index (χ4v) is 1.37. The standard InChI is InChI=1S/C12H15N2O4/c1-5-18-7(2)9-6-8(13)11(16-3)10(14-9)12(15)17-4/h6H,2,5H2,1,3-4H3,(H-,13,14)/q-1. The second-order valence-corrected chi connectivity index (χ2v) is 3.28. The lowest BCUT2D eigenvalue weighted by Gasteiger charge is -2.16. The Balaban J connectivity index is 3.30. The lowest BCUT2D eigenvalue weighted by molar-refractivity contribution is 0.0590. The van der Waals surface area contributed by atoms with Crippen LogP contribution in [0.3, 0.4) is 0 Å². The van der Waals surface area contributed by atoms with Gasteiger partial charge in [0.1, 0.15) is 17.2 Å². The number of carbonyl (C=O) groups excluding carboxylic acids is 1. The predicted octanol–water partition coefficient (Wildman–Crippen LogP) is 2.57. The van der Waals surface area contributed by atoms with Crippen molar-refractivity contribution in [3.63, 3.8) is 0 Å². The van der Waals surface area contributed by atoms with Gasteiger partial charge in [-0.25, -0.2) is 9.78 Å². The molecule has 0 aliphatic heterocycles. The molecule has 6 nitrogen and oxygen atoms in total. The van der Waals surface area contributed by atoms with Crippen molar-refractivity contribution in [3.8, 4) is 5.75 Å². The summed E-state index contributed by atoms with van der Waals surface area (Å²) in [5.74, 6) is -0.319. The minimum atomic E-state index is -0.675. The number of hydrogen-bond donors (Lipinski definition) is 0. The molecule has 0 fully saturated rings. The van der Waals surface area contributed by atoms with Gasteiger partial charge >= 0.3 is 5.97 Å². The number of methoxy groups -OCH3 is 2. The van der Waals surface area contributed by atoms with Crippen LogP contribution in [-0.4, -0.2) is 31.8 Å². The van der Waals surface area contributed by atoms with Crippen molar-refractivity contribution in [2.75, 3.05) is 20.8 Å². The van der Waals surface area contributed by atoms with Gasteiger partial charge in [-0.15, -0.1) is 0 Å². The van der Waals surface area contributed by atoms with E-state index in [1.165, 1.54) is 20.3 Å². The Bertz CT molecular complexity index is 471. The molecule has 1 heterocycles. The number of nitrogens with zero attached hydrogens (tertiary/aromatic N) is 1. The van der Waals surface area contributed by atoms with E-state index >= 15 is 0 Å². The zero-order valence-corrected chi connectivity index (χ0v) is 10.6. The van der Waals surface area contributed by atoms with Gasteiger partial charge in [-0.2, -0.15) is 0 Å². The van der Waals surface area contributed by atoms with E-state index in [0.717, 1.165) is 0 Å². The van der Waals surface area contributed by atoms with E-state index in [2.05, 4.69) is 16.3 Å². The Kier molecular flexibility index (Phi) is 4.53. The second kappa shape index (κ2) is 5.90. The van der Waals surface area contributed by atoms with Gasteiger partial charge in [0.05, 0.1) is 20.8 Å². The summed E-state index contributed by atoms with van der Waals surface area (Å²) < 4.78 is 14.8. The second-order valence-electron chi connectivity index (χ2n) is 3.28. The number of hydrogen-bond acceptors (Lipinski definition) is 5. The molecule has 1 N–H and O–H groups in total. The first-order chi connectivity index (χ1) is 8.54. The molecule has 0 spiro atoms. The number of carbonyl (C=O) groups is 1. The van der Waals surface area contributed by atoms with Crippen LogP contribution in [0.2, 0.25) is 0 Å². The third-order valence-electron chi connectivity index (χ3n) is 2.16. The van der Waals surface area contributed by atoms with E-state index in [4.69, 9.17) is 15.2 Å². The molecule has 0 amide bonds. The van der Waals surface area contributed by atoms with E-state index in [9.17, 15) is 4.79 Å². The summed E-state index contributed by atoms with van der Waals surface area (Å²) in [6.07, 6.45) is 0. The summed E-state index contributed by atoms with van der Waals surface area (Å²) in [7, 11) is 2.59. The number of nitrogens with one attached hydrogen (secondary N) is 1. The van der Waals surface area contributed by atoms with Crippen molar-refractivity contribution < 1.29 is 19.0 Å². The molecule has 0 atom stereocenters. The number of ether oxygens (including phenoxy) is 3. The van der Waals surface area contributed by atoms with Gasteiger partial charge < -0.3 is 19.9 Å². The Morgan fingerprint density at radius 2 is 2.17 bits per heavy atom. The van der Waals surface area contributed by atoms with Crippen LogP contribution in [0, 0.1) is 0 Å². The van der Waals surface area contributed by atoms with Crippen LogP contribution in [0.4, 0.5) is 5.69 Å². The largest absolute Gasteiger partial charge is 0.696 e. The summed E-state index contributed by atoms with van der Waals surface area (Å²) in [6.45, 7) is 5.90. The smallest absolute Gasteiger partial charge is 0.360 e. The molecule has 1 rings (SSSR count). The van der Waals surface area contributed by atoms with Gasteiger partial charge in [0, 0.05) is 0 Å².